The minimum Gasteiger partial charge on any atom is -0.354 e. The minimum atomic E-state index is -0.237. The molecule has 1 fully saturated rings. The second kappa shape index (κ2) is 7.41. The third-order valence-electron chi connectivity index (χ3n) is 3.05. The van der Waals surface area contributed by atoms with Crippen molar-refractivity contribution >= 4 is 11.8 Å². The Morgan fingerprint density at radius 3 is 2.81 bits per heavy atom. The first-order valence-corrected chi connectivity index (χ1v) is 6.91. The number of hydrogen-bond acceptors (Lipinski definition) is 4. The number of carbonyl (C=O) groups excluding carboxylic acids is 2. The van der Waals surface area contributed by atoms with E-state index in [-0.39, 0.29) is 24.3 Å². The first kappa shape index (κ1) is 15.0. The third-order valence-corrected chi connectivity index (χ3v) is 3.05. The lowest BCUT2D eigenvalue weighted by molar-refractivity contribution is -0.122. The van der Waals surface area contributed by atoms with Gasteiger partial charge in [-0.05, 0) is 18.9 Å². The Morgan fingerprint density at radius 2 is 2.10 bits per heavy atom. The van der Waals surface area contributed by atoms with Gasteiger partial charge in [0.1, 0.15) is 0 Å². The molecule has 0 aromatic carbocycles. The smallest absolute Gasteiger partial charge is 0.252 e. The summed E-state index contributed by atoms with van der Waals surface area (Å²) in [5.41, 5.74) is 6.33. The predicted molar refractivity (Wildman–Crippen MR) is 78.2 cm³/mol. The van der Waals surface area contributed by atoms with E-state index >= 15 is 0 Å². The van der Waals surface area contributed by atoms with Crippen molar-refractivity contribution in [3.8, 4) is 11.8 Å². The Bertz CT molecular complexity index is 585. The quantitative estimate of drug-likeness (QED) is 0.509. The van der Waals surface area contributed by atoms with Crippen LogP contribution >= 0.6 is 0 Å². The fourth-order valence-corrected chi connectivity index (χ4v) is 1.79. The van der Waals surface area contributed by atoms with Crippen molar-refractivity contribution < 1.29 is 9.59 Å². The average Bonchev–Trinajstić information content (AvgIpc) is 3.34. The standard InChI is InChI=1S/C15H18N4O2/c16-6-1-2-12-10-17-7-5-13(12)15(21)19-9-8-18-14(20)11-3-4-11/h5,7,10-11H,3-4,6,8-9,16H2,(H,18,20)(H,19,21). The van der Waals surface area contributed by atoms with Crippen LogP contribution in [0.2, 0.25) is 0 Å². The van der Waals surface area contributed by atoms with Crippen molar-refractivity contribution in [2.45, 2.75) is 12.8 Å². The van der Waals surface area contributed by atoms with Crippen LogP contribution in [0, 0.1) is 17.8 Å². The highest BCUT2D eigenvalue weighted by molar-refractivity contribution is 5.96. The van der Waals surface area contributed by atoms with Crippen LogP contribution in [-0.2, 0) is 4.79 Å². The molecule has 0 bridgehead atoms. The highest BCUT2D eigenvalue weighted by Gasteiger charge is 2.28. The highest BCUT2D eigenvalue weighted by atomic mass is 16.2. The zero-order chi connectivity index (χ0) is 15.1. The Hall–Kier alpha value is -2.39. The number of nitrogens with one attached hydrogen (secondary N) is 2. The summed E-state index contributed by atoms with van der Waals surface area (Å²) >= 11 is 0. The number of nitrogens with two attached hydrogens (primary N) is 1. The summed E-state index contributed by atoms with van der Waals surface area (Å²) in [6.45, 7) is 1.03. The zero-order valence-corrected chi connectivity index (χ0v) is 11.7. The van der Waals surface area contributed by atoms with Gasteiger partial charge in [0.05, 0.1) is 17.7 Å². The van der Waals surface area contributed by atoms with Crippen molar-refractivity contribution in [2.24, 2.45) is 11.7 Å². The largest absolute Gasteiger partial charge is 0.354 e. The molecule has 1 aromatic heterocycles. The van der Waals surface area contributed by atoms with Gasteiger partial charge in [0.25, 0.3) is 5.91 Å². The maximum atomic E-state index is 12.1. The molecule has 6 heteroatoms. The fourth-order valence-electron chi connectivity index (χ4n) is 1.79. The molecule has 0 unspecified atom stereocenters. The maximum absolute atomic E-state index is 12.1. The molecule has 21 heavy (non-hydrogen) atoms. The van der Waals surface area contributed by atoms with Crippen LogP contribution in [0.4, 0.5) is 0 Å². The Kier molecular flexibility index (Phi) is 5.29. The average molecular weight is 286 g/mol. The second-order valence-electron chi connectivity index (χ2n) is 4.75. The molecule has 110 valence electrons. The van der Waals surface area contributed by atoms with E-state index in [1.165, 1.54) is 12.4 Å². The number of aromatic nitrogens is 1. The molecule has 0 radical (unpaired) electrons. The summed E-state index contributed by atoms with van der Waals surface area (Å²) in [4.78, 5) is 27.4. The number of rotatable bonds is 5. The number of nitrogens with zero attached hydrogens (tertiary/aromatic N) is 1. The van der Waals surface area contributed by atoms with E-state index in [1.54, 1.807) is 6.07 Å². The topological polar surface area (TPSA) is 97.1 Å². The van der Waals surface area contributed by atoms with E-state index in [2.05, 4.69) is 27.5 Å². The molecule has 2 rings (SSSR count). The van der Waals surface area contributed by atoms with E-state index in [0.717, 1.165) is 12.8 Å². The van der Waals surface area contributed by atoms with Gasteiger partial charge in [-0.25, -0.2) is 0 Å². The number of amides is 2. The summed E-state index contributed by atoms with van der Waals surface area (Å²) in [6.07, 6.45) is 5.01. The lowest BCUT2D eigenvalue weighted by Gasteiger charge is -2.07. The van der Waals surface area contributed by atoms with Crippen molar-refractivity contribution in [1.82, 2.24) is 15.6 Å². The lowest BCUT2D eigenvalue weighted by atomic mass is 10.1. The van der Waals surface area contributed by atoms with Crippen molar-refractivity contribution in [2.75, 3.05) is 19.6 Å². The molecule has 1 saturated carbocycles. The van der Waals surface area contributed by atoms with Crippen molar-refractivity contribution in [3.05, 3.63) is 29.6 Å². The van der Waals surface area contributed by atoms with E-state index in [1.807, 2.05) is 0 Å². The lowest BCUT2D eigenvalue weighted by Crippen LogP contribution is -2.35. The van der Waals surface area contributed by atoms with Gasteiger partial charge in [-0.1, -0.05) is 11.8 Å². The molecule has 1 aliphatic carbocycles. The molecule has 4 N–H and O–H groups in total. The number of hydrogen-bond donors (Lipinski definition) is 3. The van der Waals surface area contributed by atoms with Crippen LogP contribution in [-0.4, -0.2) is 36.4 Å². The maximum Gasteiger partial charge on any atom is 0.252 e. The minimum absolute atomic E-state index is 0.0719. The van der Waals surface area contributed by atoms with Crippen LogP contribution in [0.15, 0.2) is 18.5 Å². The van der Waals surface area contributed by atoms with Gasteiger partial charge in [0.15, 0.2) is 0 Å². The Morgan fingerprint density at radius 1 is 1.33 bits per heavy atom. The highest BCUT2D eigenvalue weighted by Crippen LogP contribution is 2.28. The van der Waals surface area contributed by atoms with Crippen molar-refractivity contribution in [1.29, 1.82) is 0 Å². The van der Waals surface area contributed by atoms with Gasteiger partial charge >= 0.3 is 0 Å². The van der Waals surface area contributed by atoms with Crippen LogP contribution in [0.3, 0.4) is 0 Å². The zero-order valence-electron chi connectivity index (χ0n) is 11.7. The van der Waals surface area contributed by atoms with Gasteiger partial charge in [0.2, 0.25) is 5.91 Å². The summed E-state index contributed by atoms with van der Waals surface area (Å²) in [5, 5.41) is 5.54. The van der Waals surface area contributed by atoms with Gasteiger partial charge in [-0.15, -0.1) is 0 Å². The van der Waals surface area contributed by atoms with Crippen LogP contribution < -0.4 is 16.4 Å². The Labute approximate surface area is 123 Å². The molecule has 0 saturated heterocycles. The van der Waals surface area contributed by atoms with E-state index < -0.39 is 0 Å². The first-order chi connectivity index (χ1) is 10.2. The Balaban J connectivity index is 1.83. The van der Waals surface area contributed by atoms with Gasteiger partial charge in [0, 0.05) is 31.4 Å². The van der Waals surface area contributed by atoms with Gasteiger partial charge < -0.3 is 16.4 Å². The second-order valence-corrected chi connectivity index (χ2v) is 4.75. The fraction of sp³-hybridized carbons (Fsp3) is 0.400. The molecule has 0 aliphatic heterocycles. The molecular weight excluding hydrogens is 268 g/mol. The summed E-state index contributed by atoms with van der Waals surface area (Å²) < 4.78 is 0. The summed E-state index contributed by atoms with van der Waals surface area (Å²) in [6, 6.07) is 1.61. The molecule has 0 spiro atoms. The molecule has 6 nitrogen and oxygen atoms in total. The molecule has 0 atom stereocenters. The number of pyridine rings is 1. The number of carbonyl (C=O) groups is 2. The summed E-state index contributed by atoms with van der Waals surface area (Å²) in [7, 11) is 0. The van der Waals surface area contributed by atoms with E-state index in [0.29, 0.717) is 24.2 Å². The third kappa shape index (κ3) is 4.58. The van der Waals surface area contributed by atoms with Crippen LogP contribution in [0.5, 0.6) is 0 Å². The van der Waals surface area contributed by atoms with Crippen molar-refractivity contribution in [3.63, 3.8) is 0 Å². The van der Waals surface area contributed by atoms with E-state index in [9.17, 15) is 9.59 Å². The molecule has 1 aliphatic rings. The SMILES string of the molecule is NCC#Cc1cnccc1C(=O)NCCNC(=O)C1CC1. The normalized spacial score (nSPS) is 13.0. The van der Waals surface area contributed by atoms with Gasteiger partial charge in [-0.3, -0.25) is 14.6 Å². The van der Waals surface area contributed by atoms with E-state index in [4.69, 9.17) is 5.73 Å². The molecule has 2 amide bonds. The monoisotopic (exact) mass is 286 g/mol. The summed E-state index contributed by atoms with van der Waals surface area (Å²) in [5.74, 6) is 5.53. The predicted octanol–water partition coefficient (Wildman–Crippen LogP) is -0.352. The van der Waals surface area contributed by atoms with Crippen LogP contribution in [0.25, 0.3) is 0 Å². The molecule has 1 heterocycles. The molecular formula is C15H18N4O2. The first-order valence-electron chi connectivity index (χ1n) is 6.91. The molecule has 1 aromatic rings. The van der Waals surface area contributed by atoms with Gasteiger partial charge in [-0.2, -0.15) is 0 Å². The van der Waals surface area contributed by atoms with Crippen LogP contribution in [0.1, 0.15) is 28.8 Å².